The minimum atomic E-state index is -0.0499. The van der Waals surface area contributed by atoms with Gasteiger partial charge in [0.1, 0.15) is 0 Å². The Morgan fingerprint density at radius 3 is 2.53 bits per heavy atom. The number of hydrogen-bond acceptors (Lipinski definition) is 2. The summed E-state index contributed by atoms with van der Waals surface area (Å²) in [5.41, 5.74) is 1.77. The molecule has 1 aromatic carbocycles. The second-order valence-electron chi connectivity index (χ2n) is 5.01. The van der Waals surface area contributed by atoms with E-state index in [1.807, 2.05) is 24.3 Å². The summed E-state index contributed by atoms with van der Waals surface area (Å²) in [6.45, 7) is 4.76. The number of halogens is 1. The van der Waals surface area contributed by atoms with E-state index in [0.717, 1.165) is 5.56 Å². The van der Waals surface area contributed by atoms with Gasteiger partial charge in [0.25, 0.3) is 5.91 Å². The summed E-state index contributed by atoms with van der Waals surface area (Å²) in [5.74, 6) is 0.249. The van der Waals surface area contributed by atoms with Gasteiger partial charge in [-0.25, -0.2) is 0 Å². The first-order valence-corrected chi connectivity index (χ1v) is 6.82. The van der Waals surface area contributed by atoms with Crippen LogP contribution in [0.3, 0.4) is 0 Å². The van der Waals surface area contributed by atoms with E-state index in [4.69, 9.17) is 16.3 Å². The van der Waals surface area contributed by atoms with E-state index in [0.29, 0.717) is 29.5 Å². The minimum absolute atomic E-state index is 0.0220. The van der Waals surface area contributed by atoms with Gasteiger partial charge >= 0.3 is 0 Å². The maximum atomic E-state index is 12.1. The Balaban J connectivity index is 2.12. The van der Waals surface area contributed by atoms with E-state index in [-0.39, 0.29) is 11.9 Å². The van der Waals surface area contributed by atoms with Gasteiger partial charge in [-0.2, -0.15) is 0 Å². The topological polar surface area (TPSA) is 38.3 Å². The summed E-state index contributed by atoms with van der Waals surface area (Å²) >= 11 is 5.89. The van der Waals surface area contributed by atoms with Crippen molar-refractivity contribution < 1.29 is 9.53 Å². The van der Waals surface area contributed by atoms with Crippen molar-refractivity contribution in [3.8, 4) is 0 Å². The number of hydrogen-bond donors (Lipinski definition) is 1. The number of rotatable bonds is 4. The molecule has 4 heteroatoms. The molecular weight excluding hydrogens is 262 g/mol. The molecule has 0 saturated carbocycles. The van der Waals surface area contributed by atoms with Gasteiger partial charge in [-0.15, -0.1) is 0 Å². The van der Waals surface area contributed by atoms with Crippen LogP contribution >= 0.6 is 11.6 Å². The lowest BCUT2D eigenvalue weighted by molar-refractivity contribution is -0.118. The summed E-state index contributed by atoms with van der Waals surface area (Å²) in [6, 6.07) is 7.57. The van der Waals surface area contributed by atoms with Crippen LogP contribution in [-0.2, 0) is 9.53 Å². The molecule has 0 bridgehead atoms. The van der Waals surface area contributed by atoms with Crippen molar-refractivity contribution in [1.29, 1.82) is 0 Å². The molecule has 0 spiro atoms. The molecule has 102 valence electrons. The standard InChI is InChI=1S/C15H18ClNO2/c1-10(2)14(11-3-5-13(16)6-4-11)17-15(18)12-7-8-19-9-12/h3-6,9-10,14H,7-8H2,1-2H3,(H,17,18)/t14-/m0/s1. The number of carbonyl (C=O) groups excluding carboxylic acids is 1. The second kappa shape index (κ2) is 6.11. The molecule has 1 aromatic rings. The summed E-state index contributed by atoms with van der Waals surface area (Å²) in [6.07, 6.45) is 2.23. The number of benzene rings is 1. The van der Waals surface area contributed by atoms with Crippen molar-refractivity contribution in [2.75, 3.05) is 6.61 Å². The summed E-state index contributed by atoms with van der Waals surface area (Å²) in [4.78, 5) is 12.1. The molecule has 0 radical (unpaired) electrons. The van der Waals surface area contributed by atoms with Gasteiger partial charge < -0.3 is 10.1 Å². The molecule has 1 N–H and O–H groups in total. The molecule has 1 amide bonds. The zero-order valence-electron chi connectivity index (χ0n) is 11.2. The molecule has 1 atom stereocenters. The number of carbonyl (C=O) groups is 1. The molecule has 0 saturated heterocycles. The predicted molar refractivity (Wildman–Crippen MR) is 75.8 cm³/mol. The van der Waals surface area contributed by atoms with Gasteiger partial charge in [0, 0.05) is 11.4 Å². The molecule has 0 unspecified atom stereocenters. The third kappa shape index (κ3) is 3.51. The normalized spacial score (nSPS) is 15.9. The molecule has 19 heavy (non-hydrogen) atoms. The van der Waals surface area contributed by atoms with Crippen LogP contribution in [0, 0.1) is 5.92 Å². The molecule has 0 aliphatic carbocycles. The summed E-state index contributed by atoms with van der Waals surface area (Å²) in [5, 5.41) is 3.76. The lowest BCUT2D eigenvalue weighted by Crippen LogP contribution is -2.32. The van der Waals surface area contributed by atoms with Crippen molar-refractivity contribution in [2.45, 2.75) is 26.3 Å². The maximum Gasteiger partial charge on any atom is 0.250 e. The Bertz CT molecular complexity index is 479. The smallest absolute Gasteiger partial charge is 0.250 e. The molecule has 3 nitrogen and oxygen atoms in total. The predicted octanol–water partition coefficient (Wildman–Crippen LogP) is 3.46. The highest BCUT2D eigenvalue weighted by Gasteiger charge is 2.22. The fourth-order valence-corrected chi connectivity index (χ4v) is 2.22. The molecule has 1 aliphatic rings. The number of nitrogens with one attached hydrogen (secondary N) is 1. The van der Waals surface area contributed by atoms with E-state index < -0.39 is 0 Å². The van der Waals surface area contributed by atoms with Crippen LogP contribution in [0.5, 0.6) is 0 Å². The Hall–Kier alpha value is -1.48. The van der Waals surface area contributed by atoms with Gasteiger partial charge in [-0.05, 0) is 23.6 Å². The average Bonchev–Trinajstić information content (AvgIpc) is 2.90. The van der Waals surface area contributed by atoms with Crippen LogP contribution in [0.25, 0.3) is 0 Å². The lowest BCUT2D eigenvalue weighted by atomic mass is 9.95. The van der Waals surface area contributed by atoms with Crippen LogP contribution in [0.15, 0.2) is 36.1 Å². The summed E-state index contributed by atoms with van der Waals surface area (Å²) < 4.78 is 5.10. The zero-order valence-corrected chi connectivity index (χ0v) is 11.9. The van der Waals surface area contributed by atoms with Gasteiger partial charge in [-0.1, -0.05) is 37.6 Å². The van der Waals surface area contributed by atoms with Crippen molar-refractivity contribution in [1.82, 2.24) is 5.32 Å². The highest BCUT2D eigenvalue weighted by atomic mass is 35.5. The lowest BCUT2D eigenvalue weighted by Gasteiger charge is -2.23. The third-order valence-electron chi connectivity index (χ3n) is 3.19. The average molecular weight is 280 g/mol. The third-order valence-corrected chi connectivity index (χ3v) is 3.44. The minimum Gasteiger partial charge on any atom is -0.500 e. The number of ether oxygens (including phenoxy) is 1. The van der Waals surface area contributed by atoms with Gasteiger partial charge in [0.2, 0.25) is 0 Å². The monoisotopic (exact) mass is 279 g/mol. The van der Waals surface area contributed by atoms with Crippen LogP contribution in [0.4, 0.5) is 0 Å². The molecule has 0 aromatic heterocycles. The quantitative estimate of drug-likeness (QED) is 0.917. The van der Waals surface area contributed by atoms with E-state index in [9.17, 15) is 4.79 Å². The molecular formula is C15H18ClNO2. The highest BCUT2D eigenvalue weighted by molar-refractivity contribution is 6.30. The highest BCUT2D eigenvalue weighted by Crippen LogP contribution is 2.24. The van der Waals surface area contributed by atoms with Crippen LogP contribution < -0.4 is 5.32 Å². The first-order valence-electron chi connectivity index (χ1n) is 6.45. The van der Waals surface area contributed by atoms with Crippen molar-refractivity contribution >= 4 is 17.5 Å². The SMILES string of the molecule is CC(C)[C@H](NC(=O)C1=COCC1)c1ccc(Cl)cc1. The fourth-order valence-electron chi connectivity index (χ4n) is 2.09. The van der Waals surface area contributed by atoms with E-state index in [1.54, 1.807) is 6.26 Å². The second-order valence-corrected chi connectivity index (χ2v) is 5.45. The van der Waals surface area contributed by atoms with Gasteiger partial charge in [-0.3, -0.25) is 4.79 Å². The molecule has 1 aliphatic heterocycles. The largest absolute Gasteiger partial charge is 0.500 e. The maximum absolute atomic E-state index is 12.1. The van der Waals surface area contributed by atoms with E-state index >= 15 is 0 Å². The first kappa shape index (κ1) is 13.9. The van der Waals surface area contributed by atoms with Crippen LogP contribution in [-0.4, -0.2) is 12.5 Å². The Morgan fingerprint density at radius 2 is 2.00 bits per heavy atom. The Morgan fingerprint density at radius 1 is 1.32 bits per heavy atom. The van der Waals surface area contributed by atoms with Gasteiger partial charge in [0.15, 0.2) is 0 Å². The van der Waals surface area contributed by atoms with E-state index in [2.05, 4.69) is 19.2 Å². The Kier molecular flexibility index (Phi) is 4.48. The molecule has 1 heterocycles. The van der Waals surface area contributed by atoms with Crippen LogP contribution in [0.1, 0.15) is 31.9 Å². The van der Waals surface area contributed by atoms with Crippen molar-refractivity contribution in [2.24, 2.45) is 5.92 Å². The Labute approximate surface area is 118 Å². The van der Waals surface area contributed by atoms with Crippen molar-refractivity contribution in [3.05, 3.63) is 46.7 Å². The van der Waals surface area contributed by atoms with E-state index in [1.165, 1.54) is 0 Å². The number of amides is 1. The van der Waals surface area contributed by atoms with Crippen molar-refractivity contribution in [3.63, 3.8) is 0 Å². The zero-order chi connectivity index (χ0) is 13.8. The van der Waals surface area contributed by atoms with Crippen LogP contribution in [0.2, 0.25) is 5.02 Å². The molecule has 2 rings (SSSR count). The van der Waals surface area contributed by atoms with Gasteiger partial charge in [0.05, 0.1) is 24.5 Å². The fraction of sp³-hybridized carbons (Fsp3) is 0.400. The summed E-state index contributed by atoms with van der Waals surface area (Å²) in [7, 11) is 0. The molecule has 0 fully saturated rings. The first-order chi connectivity index (χ1) is 9.08.